The van der Waals surface area contributed by atoms with Crippen LogP contribution in [-0.2, 0) is 4.57 Å². The van der Waals surface area contributed by atoms with Crippen LogP contribution < -0.4 is 20.5 Å². The molecule has 0 saturated heterocycles. The number of nitrogens with one attached hydrogen (secondary N) is 1. The van der Waals surface area contributed by atoms with Crippen LogP contribution in [0.5, 0.6) is 11.5 Å². The van der Waals surface area contributed by atoms with E-state index >= 15 is 0 Å². The molecule has 0 radical (unpaired) electrons. The van der Waals surface area contributed by atoms with E-state index in [1.807, 2.05) is 0 Å². The molecule has 0 saturated carbocycles. The van der Waals surface area contributed by atoms with Crippen molar-refractivity contribution in [1.82, 2.24) is 5.32 Å². The molecule has 0 aliphatic rings. The maximum absolute atomic E-state index is 11.8. The molecule has 0 aliphatic carbocycles. The SMILES string of the molecule is COc1cc(OCCP(=O)(O)O)ccc1C(=O)NCCN. The van der Waals surface area contributed by atoms with Gasteiger partial charge in [0.05, 0.1) is 25.4 Å². The van der Waals surface area contributed by atoms with Gasteiger partial charge in [0.15, 0.2) is 0 Å². The van der Waals surface area contributed by atoms with Gasteiger partial charge in [0.1, 0.15) is 11.5 Å². The summed E-state index contributed by atoms with van der Waals surface area (Å²) in [5.41, 5.74) is 5.64. The van der Waals surface area contributed by atoms with Crippen LogP contribution >= 0.6 is 7.60 Å². The van der Waals surface area contributed by atoms with Gasteiger partial charge < -0.3 is 30.3 Å². The Hall–Kier alpha value is -1.60. The highest BCUT2D eigenvalue weighted by Crippen LogP contribution is 2.33. The molecular formula is C12H19N2O6P. The molecule has 5 N–H and O–H groups in total. The Balaban J connectivity index is 2.74. The minimum Gasteiger partial charge on any atom is -0.496 e. The molecule has 0 spiro atoms. The fraction of sp³-hybridized carbons (Fsp3) is 0.417. The van der Waals surface area contributed by atoms with Crippen LogP contribution in [0.15, 0.2) is 18.2 Å². The lowest BCUT2D eigenvalue weighted by atomic mass is 10.1. The molecule has 0 heterocycles. The minimum absolute atomic E-state index is 0.133. The van der Waals surface area contributed by atoms with Crippen LogP contribution in [0.25, 0.3) is 0 Å². The molecule has 21 heavy (non-hydrogen) atoms. The van der Waals surface area contributed by atoms with E-state index in [-0.39, 0.29) is 18.7 Å². The third-order valence-electron chi connectivity index (χ3n) is 2.50. The highest BCUT2D eigenvalue weighted by Gasteiger charge is 2.15. The van der Waals surface area contributed by atoms with Gasteiger partial charge in [-0.2, -0.15) is 0 Å². The van der Waals surface area contributed by atoms with E-state index in [0.29, 0.717) is 30.2 Å². The van der Waals surface area contributed by atoms with E-state index in [1.165, 1.54) is 25.3 Å². The van der Waals surface area contributed by atoms with Crippen molar-refractivity contribution >= 4 is 13.5 Å². The fourth-order valence-electron chi connectivity index (χ4n) is 1.51. The maximum Gasteiger partial charge on any atom is 0.328 e. The Kier molecular flexibility index (Phi) is 6.64. The molecule has 0 bridgehead atoms. The zero-order valence-corrected chi connectivity index (χ0v) is 12.5. The van der Waals surface area contributed by atoms with Crippen LogP contribution in [0.4, 0.5) is 0 Å². The number of hydrogen-bond acceptors (Lipinski definition) is 5. The van der Waals surface area contributed by atoms with Gasteiger partial charge in [-0.1, -0.05) is 0 Å². The lowest BCUT2D eigenvalue weighted by Gasteiger charge is -2.12. The number of nitrogens with two attached hydrogens (primary N) is 1. The summed E-state index contributed by atoms with van der Waals surface area (Å²) in [4.78, 5) is 29.3. The van der Waals surface area contributed by atoms with Gasteiger partial charge in [-0.3, -0.25) is 9.36 Å². The molecule has 1 aromatic rings. The Morgan fingerprint density at radius 1 is 1.43 bits per heavy atom. The van der Waals surface area contributed by atoms with Crippen molar-refractivity contribution in [3.05, 3.63) is 23.8 Å². The Labute approximate surface area is 122 Å². The van der Waals surface area contributed by atoms with Crippen LogP contribution in [0.1, 0.15) is 10.4 Å². The predicted octanol–water partition coefficient (Wildman–Crippen LogP) is -0.0598. The first-order valence-electron chi connectivity index (χ1n) is 6.21. The molecule has 0 fully saturated rings. The number of rotatable bonds is 8. The second-order valence-electron chi connectivity index (χ2n) is 4.14. The van der Waals surface area contributed by atoms with Crippen molar-refractivity contribution in [2.24, 2.45) is 5.73 Å². The van der Waals surface area contributed by atoms with Crippen molar-refractivity contribution in [3.8, 4) is 11.5 Å². The van der Waals surface area contributed by atoms with Crippen LogP contribution in [-0.4, -0.2) is 48.7 Å². The van der Waals surface area contributed by atoms with E-state index in [4.69, 9.17) is 25.0 Å². The standard InChI is InChI=1S/C12H19N2O6P/c1-19-11-8-9(20-6-7-21(16,17)18)2-3-10(11)12(15)14-5-4-13/h2-3,8H,4-7,13H2,1H3,(H,14,15)(H2,16,17,18). The van der Waals surface area contributed by atoms with Gasteiger partial charge in [0.2, 0.25) is 0 Å². The molecule has 118 valence electrons. The summed E-state index contributed by atoms with van der Waals surface area (Å²) in [7, 11) is -2.68. The van der Waals surface area contributed by atoms with Gasteiger partial charge in [0.25, 0.3) is 5.91 Å². The molecule has 0 atom stereocenters. The molecule has 0 aromatic heterocycles. The molecular weight excluding hydrogens is 299 g/mol. The van der Waals surface area contributed by atoms with Crippen molar-refractivity contribution in [2.45, 2.75) is 0 Å². The molecule has 1 aromatic carbocycles. The lowest BCUT2D eigenvalue weighted by Crippen LogP contribution is -2.29. The van der Waals surface area contributed by atoms with Gasteiger partial charge in [0, 0.05) is 19.2 Å². The first-order valence-corrected chi connectivity index (χ1v) is 8.01. The number of ether oxygens (including phenoxy) is 2. The van der Waals surface area contributed by atoms with E-state index in [2.05, 4.69) is 5.32 Å². The van der Waals surface area contributed by atoms with Gasteiger partial charge >= 0.3 is 7.60 Å². The van der Waals surface area contributed by atoms with Crippen LogP contribution in [0.3, 0.4) is 0 Å². The summed E-state index contributed by atoms with van der Waals surface area (Å²) < 4.78 is 21.0. The van der Waals surface area contributed by atoms with Crippen molar-refractivity contribution in [3.63, 3.8) is 0 Å². The highest BCUT2D eigenvalue weighted by atomic mass is 31.2. The summed E-state index contributed by atoms with van der Waals surface area (Å²) in [5, 5.41) is 2.62. The summed E-state index contributed by atoms with van der Waals surface area (Å²) in [6, 6.07) is 4.52. The third-order valence-corrected chi connectivity index (χ3v) is 3.26. The van der Waals surface area contributed by atoms with E-state index in [9.17, 15) is 9.36 Å². The molecule has 0 aliphatic heterocycles. The fourth-order valence-corrected chi connectivity index (χ4v) is 1.84. The van der Waals surface area contributed by atoms with E-state index < -0.39 is 7.60 Å². The largest absolute Gasteiger partial charge is 0.496 e. The Morgan fingerprint density at radius 3 is 2.71 bits per heavy atom. The number of hydrogen-bond donors (Lipinski definition) is 4. The average Bonchev–Trinajstić information content (AvgIpc) is 2.43. The van der Waals surface area contributed by atoms with Crippen molar-refractivity contribution < 1.29 is 28.6 Å². The number of amides is 1. The second kappa shape index (κ2) is 7.99. The first kappa shape index (κ1) is 17.5. The van der Waals surface area contributed by atoms with E-state index in [0.717, 1.165) is 0 Å². The number of methoxy groups -OCH3 is 1. The molecule has 1 amide bonds. The number of benzene rings is 1. The van der Waals surface area contributed by atoms with Crippen molar-refractivity contribution in [2.75, 3.05) is 33.0 Å². The minimum atomic E-state index is -4.09. The summed E-state index contributed by atoms with van der Waals surface area (Å²) in [6.07, 6.45) is -0.381. The van der Waals surface area contributed by atoms with Crippen molar-refractivity contribution in [1.29, 1.82) is 0 Å². The molecule has 1 rings (SSSR count). The number of carbonyl (C=O) groups is 1. The summed E-state index contributed by atoms with van der Waals surface area (Å²) in [5.74, 6) is 0.341. The normalized spacial score (nSPS) is 11.0. The van der Waals surface area contributed by atoms with Gasteiger partial charge in [-0.15, -0.1) is 0 Å². The van der Waals surface area contributed by atoms with E-state index in [1.54, 1.807) is 0 Å². The zero-order chi connectivity index (χ0) is 15.9. The zero-order valence-electron chi connectivity index (χ0n) is 11.6. The lowest BCUT2D eigenvalue weighted by molar-refractivity contribution is 0.0951. The van der Waals surface area contributed by atoms with Gasteiger partial charge in [-0.25, -0.2) is 0 Å². The summed E-state index contributed by atoms with van der Waals surface area (Å²) >= 11 is 0. The topological polar surface area (TPSA) is 131 Å². The highest BCUT2D eigenvalue weighted by molar-refractivity contribution is 7.51. The summed E-state index contributed by atoms with van der Waals surface area (Å²) in [6.45, 7) is 0.548. The molecule has 8 nitrogen and oxygen atoms in total. The second-order valence-corrected chi connectivity index (χ2v) is 5.92. The number of carbonyl (C=O) groups excluding carboxylic acids is 1. The monoisotopic (exact) mass is 318 g/mol. The average molecular weight is 318 g/mol. The predicted molar refractivity (Wildman–Crippen MR) is 76.8 cm³/mol. The quantitative estimate of drug-likeness (QED) is 0.494. The Morgan fingerprint density at radius 2 is 2.14 bits per heavy atom. The van der Waals surface area contributed by atoms with Crippen LogP contribution in [0, 0.1) is 0 Å². The van der Waals surface area contributed by atoms with Gasteiger partial charge in [-0.05, 0) is 12.1 Å². The van der Waals surface area contributed by atoms with Crippen LogP contribution in [0.2, 0.25) is 0 Å². The first-order chi connectivity index (χ1) is 9.87. The Bertz CT molecular complexity index is 530. The molecule has 9 heteroatoms. The smallest absolute Gasteiger partial charge is 0.328 e. The molecule has 0 unspecified atom stereocenters. The maximum atomic E-state index is 11.8. The third kappa shape index (κ3) is 6.14.